The van der Waals surface area contributed by atoms with Crippen molar-refractivity contribution in [3.63, 3.8) is 0 Å². The Morgan fingerprint density at radius 1 is 1.00 bits per heavy atom. The molecule has 1 aliphatic rings. The summed E-state index contributed by atoms with van der Waals surface area (Å²) in [5.41, 5.74) is 4.82. The molecule has 0 unspecified atom stereocenters. The highest BCUT2D eigenvalue weighted by atomic mass is 16.2. The van der Waals surface area contributed by atoms with Crippen LogP contribution in [-0.2, 0) is 0 Å². The van der Waals surface area contributed by atoms with Crippen LogP contribution in [0.3, 0.4) is 0 Å². The number of likely N-dealkylation sites (N-methyl/N-ethyl adjacent to an activating group) is 1. The van der Waals surface area contributed by atoms with Crippen molar-refractivity contribution >= 4 is 17.3 Å². The molecule has 0 atom stereocenters. The van der Waals surface area contributed by atoms with Crippen LogP contribution in [0.1, 0.15) is 21.6 Å². The van der Waals surface area contributed by atoms with Crippen molar-refractivity contribution in [2.75, 3.05) is 38.5 Å². The molecule has 2 heterocycles. The number of rotatable bonds is 3. The second-order valence-corrected chi connectivity index (χ2v) is 6.53. The Morgan fingerprint density at radius 3 is 2.33 bits per heavy atom. The second kappa shape index (κ2) is 7.01. The molecule has 1 aromatic heterocycles. The predicted molar refractivity (Wildman–Crippen MR) is 96.8 cm³/mol. The Morgan fingerprint density at radius 2 is 1.67 bits per heavy atom. The van der Waals surface area contributed by atoms with Crippen LogP contribution in [0.5, 0.6) is 0 Å². The van der Waals surface area contributed by atoms with E-state index in [9.17, 15) is 4.79 Å². The van der Waals surface area contributed by atoms with Crippen LogP contribution in [0, 0.1) is 13.8 Å². The number of hydrogen-bond donors (Lipinski definition) is 1. The fraction of sp³-hybridized carbons (Fsp3) is 0.368. The molecule has 24 heavy (non-hydrogen) atoms. The first-order valence-corrected chi connectivity index (χ1v) is 8.30. The van der Waals surface area contributed by atoms with E-state index in [1.165, 1.54) is 11.1 Å². The van der Waals surface area contributed by atoms with Gasteiger partial charge in [0.15, 0.2) is 0 Å². The summed E-state index contributed by atoms with van der Waals surface area (Å²) >= 11 is 0. The minimum absolute atomic E-state index is 0.00664. The standard InChI is InChI=1S/C19H24N4O/c1-14-10-15(2)12-17(11-14)21-16-4-5-20-18(13-16)19(24)23-8-6-22(3)7-9-23/h4-5,10-13H,6-9H2,1-3H3,(H,20,21). The quantitative estimate of drug-likeness (QED) is 0.943. The van der Waals surface area contributed by atoms with Crippen LogP contribution < -0.4 is 5.32 Å². The predicted octanol–water partition coefficient (Wildman–Crippen LogP) is 2.83. The lowest BCUT2D eigenvalue weighted by molar-refractivity contribution is 0.0658. The van der Waals surface area contributed by atoms with E-state index < -0.39 is 0 Å². The maximum atomic E-state index is 12.6. The number of anilines is 2. The Bertz CT molecular complexity index is 716. The van der Waals surface area contributed by atoms with Gasteiger partial charge in [-0.1, -0.05) is 6.07 Å². The smallest absolute Gasteiger partial charge is 0.272 e. The number of carbonyl (C=O) groups excluding carboxylic acids is 1. The number of amides is 1. The summed E-state index contributed by atoms with van der Waals surface area (Å²) in [5.74, 6) is 0.00664. The molecule has 126 valence electrons. The van der Waals surface area contributed by atoms with Crippen molar-refractivity contribution in [1.29, 1.82) is 0 Å². The largest absolute Gasteiger partial charge is 0.355 e. The highest BCUT2D eigenvalue weighted by Gasteiger charge is 2.21. The SMILES string of the molecule is Cc1cc(C)cc(Nc2ccnc(C(=O)N3CCN(C)CC3)c2)c1. The van der Waals surface area contributed by atoms with Crippen molar-refractivity contribution in [1.82, 2.24) is 14.8 Å². The van der Waals surface area contributed by atoms with E-state index in [-0.39, 0.29) is 5.91 Å². The third-order valence-electron chi connectivity index (χ3n) is 4.28. The lowest BCUT2D eigenvalue weighted by Crippen LogP contribution is -2.47. The summed E-state index contributed by atoms with van der Waals surface area (Å²) in [7, 11) is 2.08. The zero-order valence-corrected chi connectivity index (χ0v) is 14.5. The first-order chi connectivity index (χ1) is 11.5. The Hall–Kier alpha value is -2.40. The van der Waals surface area contributed by atoms with Crippen LogP contribution in [0.2, 0.25) is 0 Å². The number of nitrogens with zero attached hydrogens (tertiary/aromatic N) is 3. The number of piperazine rings is 1. The molecule has 0 aliphatic carbocycles. The van der Waals surface area contributed by atoms with Gasteiger partial charge in [-0.15, -0.1) is 0 Å². The fourth-order valence-electron chi connectivity index (χ4n) is 3.01. The molecule has 1 N–H and O–H groups in total. The van der Waals surface area contributed by atoms with Crippen LogP contribution in [0.25, 0.3) is 0 Å². The van der Waals surface area contributed by atoms with Crippen molar-refractivity contribution in [2.45, 2.75) is 13.8 Å². The molecular formula is C19H24N4O. The number of pyridine rings is 1. The molecule has 5 nitrogen and oxygen atoms in total. The number of benzene rings is 1. The first-order valence-electron chi connectivity index (χ1n) is 8.30. The number of aryl methyl sites for hydroxylation is 2. The normalized spacial score (nSPS) is 15.4. The average molecular weight is 324 g/mol. The number of nitrogens with one attached hydrogen (secondary N) is 1. The third kappa shape index (κ3) is 3.92. The van der Waals surface area contributed by atoms with Gasteiger partial charge in [0.05, 0.1) is 0 Å². The Labute approximate surface area is 143 Å². The number of aromatic nitrogens is 1. The second-order valence-electron chi connectivity index (χ2n) is 6.53. The van der Waals surface area contributed by atoms with Crippen molar-refractivity contribution in [3.05, 3.63) is 53.3 Å². The van der Waals surface area contributed by atoms with Gasteiger partial charge in [0.25, 0.3) is 5.91 Å². The van der Waals surface area contributed by atoms with Gasteiger partial charge in [0, 0.05) is 43.8 Å². The van der Waals surface area contributed by atoms with Gasteiger partial charge in [0.2, 0.25) is 0 Å². The summed E-state index contributed by atoms with van der Waals surface area (Å²) in [6.45, 7) is 7.48. The van der Waals surface area contributed by atoms with E-state index in [1.54, 1.807) is 6.20 Å². The zero-order valence-electron chi connectivity index (χ0n) is 14.5. The summed E-state index contributed by atoms with van der Waals surface area (Å²) in [6, 6.07) is 10.0. The van der Waals surface area contributed by atoms with Crippen LogP contribution in [0.15, 0.2) is 36.5 Å². The molecule has 1 aromatic carbocycles. The number of hydrogen-bond acceptors (Lipinski definition) is 4. The first kappa shape index (κ1) is 16.5. The lowest BCUT2D eigenvalue weighted by atomic mass is 10.1. The zero-order chi connectivity index (χ0) is 17.1. The van der Waals surface area contributed by atoms with Gasteiger partial charge in [-0.3, -0.25) is 9.78 Å². The summed E-state index contributed by atoms with van der Waals surface area (Å²) in [6.07, 6.45) is 1.69. The maximum absolute atomic E-state index is 12.6. The topological polar surface area (TPSA) is 48.5 Å². The molecule has 2 aromatic rings. The fourth-order valence-corrected chi connectivity index (χ4v) is 3.01. The van der Waals surface area contributed by atoms with E-state index in [1.807, 2.05) is 17.0 Å². The van der Waals surface area contributed by atoms with Crippen LogP contribution >= 0.6 is 0 Å². The highest BCUT2D eigenvalue weighted by Crippen LogP contribution is 2.20. The Balaban J connectivity index is 1.75. The molecule has 0 radical (unpaired) electrons. The minimum Gasteiger partial charge on any atom is -0.355 e. The van der Waals surface area contributed by atoms with E-state index in [0.29, 0.717) is 5.69 Å². The van der Waals surface area contributed by atoms with Gasteiger partial charge in [-0.05, 0) is 56.3 Å². The van der Waals surface area contributed by atoms with Gasteiger partial charge in [0.1, 0.15) is 5.69 Å². The lowest BCUT2D eigenvalue weighted by Gasteiger charge is -2.32. The van der Waals surface area contributed by atoms with Crippen molar-refractivity contribution < 1.29 is 4.79 Å². The van der Waals surface area contributed by atoms with E-state index in [0.717, 1.165) is 37.6 Å². The maximum Gasteiger partial charge on any atom is 0.272 e. The summed E-state index contributed by atoms with van der Waals surface area (Å²) < 4.78 is 0. The van der Waals surface area contributed by atoms with Gasteiger partial charge in [-0.25, -0.2) is 0 Å². The van der Waals surface area contributed by atoms with Gasteiger partial charge in [-0.2, -0.15) is 0 Å². The monoisotopic (exact) mass is 324 g/mol. The van der Waals surface area contributed by atoms with Crippen LogP contribution in [0.4, 0.5) is 11.4 Å². The van der Waals surface area contributed by atoms with Gasteiger partial charge < -0.3 is 15.1 Å². The Kier molecular flexibility index (Phi) is 4.81. The highest BCUT2D eigenvalue weighted by molar-refractivity contribution is 5.93. The molecule has 1 saturated heterocycles. The summed E-state index contributed by atoms with van der Waals surface area (Å²) in [4.78, 5) is 21.0. The van der Waals surface area contributed by atoms with Crippen molar-refractivity contribution in [3.8, 4) is 0 Å². The molecule has 3 rings (SSSR count). The molecule has 0 bridgehead atoms. The van der Waals surface area contributed by atoms with E-state index >= 15 is 0 Å². The molecule has 0 spiro atoms. The van der Waals surface area contributed by atoms with Crippen LogP contribution in [-0.4, -0.2) is 53.9 Å². The average Bonchev–Trinajstić information content (AvgIpc) is 2.54. The molecule has 0 saturated carbocycles. The van der Waals surface area contributed by atoms with Gasteiger partial charge >= 0.3 is 0 Å². The summed E-state index contributed by atoms with van der Waals surface area (Å²) in [5, 5.41) is 3.37. The third-order valence-corrected chi connectivity index (χ3v) is 4.28. The van der Waals surface area contributed by atoms with E-state index in [4.69, 9.17) is 0 Å². The molecule has 1 aliphatic heterocycles. The molecule has 5 heteroatoms. The van der Waals surface area contributed by atoms with E-state index in [2.05, 4.69) is 54.3 Å². The minimum atomic E-state index is 0.00664. The molecule has 1 fully saturated rings. The molecular weight excluding hydrogens is 300 g/mol. The molecule has 1 amide bonds. The van der Waals surface area contributed by atoms with Crippen molar-refractivity contribution in [2.24, 2.45) is 0 Å². The number of carbonyl (C=O) groups is 1.